The molecule has 0 saturated carbocycles. The molecule has 0 saturated heterocycles. The molecule has 6 rings (SSSR count). The summed E-state index contributed by atoms with van der Waals surface area (Å²) < 4.78 is 2.78. The summed E-state index contributed by atoms with van der Waals surface area (Å²) >= 11 is 3.47. The van der Waals surface area contributed by atoms with E-state index in [1.54, 1.807) is 12.4 Å². The van der Waals surface area contributed by atoms with Gasteiger partial charge in [0.2, 0.25) is 5.91 Å². The number of aryl methyl sites for hydroxylation is 1. The van der Waals surface area contributed by atoms with E-state index in [1.165, 1.54) is 0 Å². The van der Waals surface area contributed by atoms with Gasteiger partial charge in [-0.25, -0.2) is 15.0 Å². The lowest BCUT2D eigenvalue weighted by molar-refractivity contribution is -0.115. The van der Waals surface area contributed by atoms with Gasteiger partial charge in [0.25, 0.3) is 0 Å². The van der Waals surface area contributed by atoms with Gasteiger partial charge in [-0.15, -0.1) is 0 Å². The summed E-state index contributed by atoms with van der Waals surface area (Å²) in [7, 11) is 0. The van der Waals surface area contributed by atoms with E-state index in [1.807, 2.05) is 84.3 Å². The van der Waals surface area contributed by atoms with Gasteiger partial charge in [0.05, 0.1) is 17.5 Å². The number of nitrogens with two attached hydrogens (primary N) is 1. The van der Waals surface area contributed by atoms with E-state index >= 15 is 0 Å². The zero-order chi connectivity index (χ0) is 26.2. The van der Waals surface area contributed by atoms with Crippen LogP contribution in [0.3, 0.4) is 0 Å². The third kappa shape index (κ3) is 4.59. The van der Waals surface area contributed by atoms with E-state index in [9.17, 15) is 4.79 Å². The summed E-state index contributed by atoms with van der Waals surface area (Å²) in [5.41, 5.74) is 12.7. The fraction of sp³-hybridized carbons (Fsp3) is 0.0690. The van der Waals surface area contributed by atoms with Gasteiger partial charge in [-0.3, -0.25) is 14.3 Å². The molecule has 1 amide bonds. The molecule has 2 aromatic carbocycles. The Morgan fingerprint density at radius 1 is 0.974 bits per heavy atom. The summed E-state index contributed by atoms with van der Waals surface area (Å²) in [5.74, 6) is 0.930. The summed E-state index contributed by atoms with van der Waals surface area (Å²) in [6.45, 7) is 1.96. The topological polar surface area (TPSA) is 112 Å². The molecular formula is C29H22BrN7O. The zero-order valence-corrected chi connectivity index (χ0v) is 22.0. The number of fused-ring (bicyclic) bond motifs is 2. The average molecular weight is 564 g/mol. The van der Waals surface area contributed by atoms with Gasteiger partial charge in [-0.2, -0.15) is 0 Å². The van der Waals surface area contributed by atoms with Gasteiger partial charge in [0.15, 0.2) is 11.5 Å². The number of rotatable bonds is 5. The minimum Gasteiger partial charge on any atom is -0.383 e. The van der Waals surface area contributed by atoms with E-state index < -0.39 is 0 Å². The predicted molar refractivity (Wildman–Crippen MR) is 153 cm³/mol. The van der Waals surface area contributed by atoms with Crippen LogP contribution in [0.25, 0.3) is 39.1 Å². The van der Waals surface area contributed by atoms with Crippen LogP contribution in [-0.2, 0) is 11.2 Å². The highest BCUT2D eigenvalue weighted by atomic mass is 79.9. The van der Waals surface area contributed by atoms with Crippen molar-refractivity contribution in [3.63, 3.8) is 0 Å². The molecule has 6 aromatic rings. The fourth-order valence-electron chi connectivity index (χ4n) is 4.43. The molecule has 0 spiro atoms. The van der Waals surface area contributed by atoms with Crippen molar-refractivity contribution in [2.24, 2.45) is 0 Å². The second-order valence-electron chi connectivity index (χ2n) is 8.95. The van der Waals surface area contributed by atoms with Crippen LogP contribution < -0.4 is 11.1 Å². The summed E-state index contributed by atoms with van der Waals surface area (Å²) in [5, 5.41) is 3.97. The maximum atomic E-state index is 12.8. The Morgan fingerprint density at radius 3 is 2.63 bits per heavy atom. The number of imidazole rings is 1. The summed E-state index contributed by atoms with van der Waals surface area (Å²) in [4.78, 5) is 30.9. The van der Waals surface area contributed by atoms with Gasteiger partial charge in [-0.05, 0) is 83.0 Å². The van der Waals surface area contributed by atoms with Crippen molar-refractivity contribution in [2.75, 3.05) is 11.1 Å². The summed E-state index contributed by atoms with van der Waals surface area (Å²) in [6, 6.07) is 23.1. The third-order valence-corrected chi connectivity index (χ3v) is 6.65. The molecule has 38 heavy (non-hydrogen) atoms. The lowest BCUT2D eigenvalue weighted by Crippen LogP contribution is -2.14. The molecule has 0 aliphatic heterocycles. The first kappa shape index (κ1) is 23.7. The molecular weight excluding hydrogens is 542 g/mol. The average Bonchev–Trinajstić information content (AvgIpc) is 3.27. The first-order valence-corrected chi connectivity index (χ1v) is 12.8. The van der Waals surface area contributed by atoms with Gasteiger partial charge < -0.3 is 11.1 Å². The first-order valence-electron chi connectivity index (χ1n) is 12.0. The second-order valence-corrected chi connectivity index (χ2v) is 9.87. The number of anilines is 2. The van der Waals surface area contributed by atoms with E-state index in [0.717, 1.165) is 43.5 Å². The standard InChI is InChI=1S/C29H22BrN7O/c1-17-4-7-19-14-21(8-11-24(19)34-17)35-26(38)13-18-5-9-22(10-6-18)37-28(23-3-2-12-32-27(23)31)36-25-15-20(30)16-33-29(25)37/h2-12,14-16H,13H2,1H3,(H2,31,32)(H,35,38). The highest BCUT2D eigenvalue weighted by Crippen LogP contribution is 2.31. The molecule has 0 unspecified atom stereocenters. The minimum absolute atomic E-state index is 0.0967. The molecule has 4 aromatic heterocycles. The molecule has 0 aliphatic rings. The Morgan fingerprint density at radius 2 is 1.82 bits per heavy atom. The number of hydrogen-bond donors (Lipinski definition) is 2. The number of pyridine rings is 3. The number of aromatic nitrogens is 5. The highest BCUT2D eigenvalue weighted by Gasteiger charge is 2.18. The number of nitrogen functional groups attached to an aromatic ring is 1. The quantitative estimate of drug-likeness (QED) is 0.271. The zero-order valence-electron chi connectivity index (χ0n) is 20.4. The first-order chi connectivity index (χ1) is 18.4. The monoisotopic (exact) mass is 563 g/mol. The fourth-order valence-corrected chi connectivity index (χ4v) is 4.75. The molecule has 0 atom stereocenters. The number of carbonyl (C=O) groups excluding carboxylic acids is 1. The van der Waals surface area contributed by atoms with Crippen molar-refractivity contribution >= 4 is 55.4 Å². The molecule has 9 heteroatoms. The number of benzene rings is 2. The number of nitrogens with zero attached hydrogens (tertiary/aromatic N) is 5. The Bertz CT molecular complexity index is 1830. The van der Waals surface area contributed by atoms with E-state index in [-0.39, 0.29) is 12.3 Å². The predicted octanol–water partition coefficient (Wildman–Crippen LogP) is 5.87. The van der Waals surface area contributed by atoms with Gasteiger partial charge >= 0.3 is 0 Å². The molecule has 0 bridgehead atoms. The molecule has 0 aliphatic carbocycles. The van der Waals surface area contributed by atoms with Crippen LogP contribution in [0.1, 0.15) is 11.3 Å². The molecule has 0 fully saturated rings. The highest BCUT2D eigenvalue weighted by molar-refractivity contribution is 9.10. The van der Waals surface area contributed by atoms with Crippen LogP contribution in [0.2, 0.25) is 0 Å². The number of nitrogens with one attached hydrogen (secondary N) is 1. The third-order valence-electron chi connectivity index (χ3n) is 6.21. The van der Waals surface area contributed by atoms with Gasteiger partial charge in [0.1, 0.15) is 11.3 Å². The lowest BCUT2D eigenvalue weighted by atomic mass is 10.1. The number of hydrogen-bond acceptors (Lipinski definition) is 6. The van der Waals surface area contributed by atoms with Crippen LogP contribution in [0, 0.1) is 6.92 Å². The Kier molecular flexibility index (Phi) is 6.05. The van der Waals surface area contributed by atoms with Crippen LogP contribution in [0.15, 0.2) is 89.7 Å². The van der Waals surface area contributed by atoms with Crippen molar-refractivity contribution in [2.45, 2.75) is 13.3 Å². The van der Waals surface area contributed by atoms with Crippen LogP contribution >= 0.6 is 15.9 Å². The van der Waals surface area contributed by atoms with Crippen LogP contribution in [0.5, 0.6) is 0 Å². The SMILES string of the molecule is Cc1ccc2cc(NC(=O)Cc3ccc(-n4c(-c5cccnc5N)nc5cc(Br)cnc54)cc3)ccc2n1. The second kappa shape index (κ2) is 9.68. The van der Waals surface area contributed by atoms with Crippen LogP contribution in [0.4, 0.5) is 11.5 Å². The number of carbonyl (C=O) groups is 1. The van der Waals surface area contributed by atoms with E-state index in [0.29, 0.717) is 22.9 Å². The van der Waals surface area contributed by atoms with E-state index in [4.69, 9.17) is 10.7 Å². The van der Waals surface area contributed by atoms with Crippen molar-refractivity contribution in [3.05, 3.63) is 101 Å². The van der Waals surface area contributed by atoms with Crippen LogP contribution in [-0.4, -0.2) is 30.4 Å². The van der Waals surface area contributed by atoms with E-state index in [2.05, 4.69) is 36.2 Å². The molecule has 0 radical (unpaired) electrons. The number of halogens is 1. The summed E-state index contributed by atoms with van der Waals surface area (Å²) in [6.07, 6.45) is 3.62. The maximum absolute atomic E-state index is 12.8. The van der Waals surface area contributed by atoms with Crippen molar-refractivity contribution < 1.29 is 4.79 Å². The number of amides is 1. The maximum Gasteiger partial charge on any atom is 0.228 e. The Hall–Kier alpha value is -4.63. The van der Waals surface area contributed by atoms with Crippen molar-refractivity contribution in [1.29, 1.82) is 0 Å². The lowest BCUT2D eigenvalue weighted by Gasteiger charge is -2.11. The van der Waals surface area contributed by atoms with Gasteiger partial charge in [-0.1, -0.05) is 18.2 Å². The normalized spacial score (nSPS) is 11.2. The molecule has 4 heterocycles. The minimum atomic E-state index is -0.0967. The molecule has 8 nitrogen and oxygen atoms in total. The smallest absolute Gasteiger partial charge is 0.228 e. The van der Waals surface area contributed by atoms with Crippen molar-refractivity contribution in [1.82, 2.24) is 24.5 Å². The van der Waals surface area contributed by atoms with Gasteiger partial charge in [0, 0.05) is 39.3 Å². The largest absolute Gasteiger partial charge is 0.383 e. The Balaban J connectivity index is 1.27. The van der Waals surface area contributed by atoms with Crippen molar-refractivity contribution in [3.8, 4) is 17.1 Å². The molecule has 3 N–H and O–H groups in total. The Labute approximate surface area is 226 Å². The molecule has 186 valence electrons.